The molecule has 1 aromatic rings. The number of halogens is 1. The van der Waals surface area contributed by atoms with E-state index >= 15 is 0 Å². The highest BCUT2D eigenvalue weighted by Crippen LogP contribution is 2.13. The summed E-state index contributed by atoms with van der Waals surface area (Å²) in [5.74, 6) is -0.378. The standard InChI is InChI=1S/C14H22N2O4S.ClH/c1-3-20-14(17)10-12-5-4-6-13(9-12)21(18,19)16-11(2)7-8-15;/h4-6,9,11,16H,3,7-8,10,15H2,1-2H3;1H. The average Bonchev–Trinajstić information content (AvgIpc) is 2.38. The zero-order chi connectivity index (χ0) is 15.9. The third-order valence-electron chi connectivity index (χ3n) is 2.82. The topological polar surface area (TPSA) is 98.5 Å². The second-order valence-corrected chi connectivity index (χ2v) is 6.44. The van der Waals surface area contributed by atoms with E-state index in [2.05, 4.69) is 4.72 Å². The van der Waals surface area contributed by atoms with Gasteiger partial charge in [-0.2, -0.15) is 0 Å². The SMILES string of the molecule is CCOC(=O)Cc1cccc(S(=O)(=O)NC(C)CCN)c1.Cl. The van der Waals surface area contributed by atoms with Gasteiger partial charge in [0.1, 0.15) is 0 Å². The number of ether oxygens (including phenoxy) is 1. The number of hydrogen-bond donors (Lipinski definition) is 2. The number of sulfonamides is 1. The fraction of sp³-hybridized carbons (Fsp3) is 0.500. The summed E-state index contributed by atoms with van der Waals surface area (Å²) < 4.78 is 31.8. The second-order valence-electron chi connectivity index (χ2n) is 4.73. The van der Waals surface area contributed by atoms with Gasteiger partial charge in [0.15, 0.2) is 0 Å². The Hall–Kier alpha value is -1.15. The quantitative estimate of drug-likeness (QED) is 0.687. The molecule has 0 saturated carbocycles. The van der Waals surface area contributed by atoms with E-state index in [4.69, 9.17) is 10.5 Å². The molecule has 8 heteroatoms. The molecule has 0 amide bonds. The van der Waals surface area contributed by atoms with Crippen LogP contribution in [0.25, 0.3) is 0 Å². The number of carbonyl (C=O) groups excluding carboxylic acids is 1. The van der Waals surface area contributed by atoms with E-state index in [9.17, 15) is 13.2 Å². The van der Waals surface area contributed by atoms with Crippen molar-refractivity contribution in [2.75, 3.05) is 13.2 Å². The van der Waals surface area contributed by atoms with Crippen molar-refractivity contribution in [1.82, 2.24) is 4.72 Å². The molecule has 1 rings (SSSR count). The maximum atomic E-state index is 12.2. The van der Waals surface area contributed by atoms with Gasteiger partial charge in [-0.25, -0.2) is 13.1 Å². The summed E-state index contributed by atoms with van der Waals surface area (Å²) in [5, 5.41) is 0. The minimum absolute atomic E-state index is 0. The van der Waals surface area contributed by atoms with Crippen LogP contribution in [0.15, 0.2) is 29.2 Å². The number of esters is 1. The predicted octanol–water partition coefficient (Wildman–Crippen LogP) is 1.23. The molecule has 0 aromatic heterocycles. The number of carbonyl (C=O) groups is 1. The molecule has 22 heavy (non-hydrogen) atoms. The monoisotopic (exact) mass is 350 g/mol. The van der Waals surface area contributed by atoms with E-state index in [-0.39, 0.29) is 35.7 Å². The van der Waals surface area contributed by atoms with Crippen molar-refractivity contribution in [2.24, 2.45) is 5.73 Å². The summed E-state index contributed by atoms with van der Waals surface area (Å²) in [4.78, 5) is 11.6. The van der Waals surface area contributed by atoms with Gasteiger partial charge in [-0.05, 0) is 44.5 Å². The Morgan fingerprint density at radius 2 is 2.09 bits per heavy atom. The van der Waals surface area contributed by atoms with Crippen molar-refractivity contribution in [3.8, 4) is 0 Å². The summed E-state index contributed by atoms with van der Waals surface area (Å²) in [5.41, 5.74) is 6.01. The summed E-state index contributed by atoms with van der Waals surface area (Å²) in [7, 11) is -3.61. The first-order valence-corrected chi connectivity index (χ1v) is 8.34. The Labute approximate surface area is 137 Å². The molecule has 126 valence electrons. The largest absolute Gasteiger partial charge is 0.466 e. The first-order chi connectivity index (χ1) is 9.89. The fourth-order valence-electron chi connectivity index (χ4n) is 1.84. The van der Waals surface area contributed by atoms with Gasteiger partial charge in [-0.15, -0.1) is 12.4 Å². The van der Waals surface area contributed by atoms with Gasteiger partial charge < -0.3 is 10.5 Å². The molecular weight excluding hydrogens is 328 g/mol. The van der Waals surface area contributed by atoms with Gasteiger partial charge >= 0.3 is 5.97 Å². The van der Waals surface area contributed by atoms with E-state index in [0.717, 1.165) is 0 Å². The summed E-state index contributed by atoms with van der Waals surface area (Å²) in [6, 6.07) is 6.03. The van der Waals surface area contributed by atoms with Crippen molar-refractivity contribution >= 4 is 28.4 Å². The molecule has 0 spiro atoms. The van der Waals surface area contributed by atoms with E-state index in [1.54, 1.807) is 26.0 Å². The molecule has 0 radical (unpaired) electrons. The molecule has 0 bridgehead atoms. The number of rotatable bonds is 8. The van der Waals surface area contributed by atoms with Crippen molar-refractivity contribution < 1.29 is 17.9 Å². The van der Waals surface area contributed by atoms with Crippen LogP contribution in [-0.2, 0) is 26.0 Å². The Balaban J connectivity index is 0.00000441. The van der Waals surface area contributed by atoms with Crippen molar-refractivity contribution in [3.05, 3.63) is 29.8 Å². The van der Waals surface area contributed by atoms with Crippen molar-refractivity contribution in [1.29, 1.82) is 0 Å². The molecule has 3 N–H and O–H groups in total. The lowest BCUT2D eigenvalue weighted by Gasteiger charge is -2.13. The Bertz CT molecular complexity index is 578. The number of nitrogens with two attached hydrogens (primary N) is 1. The normalized spacial score (nSPS) is 12.3. The van der Waals surface area contributed by atoms with Gasteiger partial charge in [-0.1, -0.05) is 12.1 Å². The van der Waals surface area contributed by atoms with Gasteiger partial charge in [0, 0.05) is 6.04 Å². The molecule has 0 saturated heterocycles. The molecule has 0 aliphatic heterocycles. The summed E-state index contributed by atoms with van der Waals surface area (Å²) in [6.45, 7) is 4.19. The number of nitrogens with one attached hydrogen (secondary N) is 1. The van der Waals surface area contributed by atoms with Crippen LogP contribution in [0.3, 0.4) is 0 Å². The van der Waals surface area contributed by atoms with Crippen LogP contribution >= 0.6 is 12.4 Å². The van der Waals surface area contributed by atoms with Crippen LogP contribution < -0.4 is 10.5 Å². The van der Waals surface area contributed by atoms with Crippen LogP contribution in [0.2, 0.25) is 0 Å². The molecule has 6 nitrogen and oxygen atoms in total. The maximum absolute atomic E-state index is 12.2. The lowest BCUT2D eigenvalue weighted by molar-refractivity contribution is -0.142. The molecule has 1 aromatic carbocycles. The summed E-state index contributed by atoms with van der Waals surface area (Å²) >= 11 is 0. The Morgan fingerprint density at radius 1 is 1.41 bits per heavy atom. The van der Waals surface area contributed by atoms with E-state index in [1.807, 2.05) is 0 Å². The predicted molar refractivity (Wildman–Crippen MR) is 87.5 cm³/mol. The van der Waals surface area contributed by atoms with Crippen LogP contribution in [0.5, 0.6) is 0 Å². The molecule has 0 fully saturated rings. The highest BCUT2D eigenvalue weighted by Gasteiger charge is 2.17. The van der Waals surface area contributed by atoms with Gasteiger partial charge in [0.25, 0.3) is 0 Å². The van der Waals surface area contributed by atoms with Crippen LogP contribution in [0.4, 0.5) is 0 Å². The number of hydrogen-bond acceptors (Lipinski definition) is 5. The third kappa shape index (κ3) is 6.74. The minimum Gasteiger partial charge on any atom is -0.466 e. The third-order valence-corrected chi connectivity index (χ3v) is 4.41. The molecule has 1 atom stereocenters. The molecule has 0 heterocycles. The maximum Gasteiger partial charge on any atom is 0.310 e. The first kappa shape index (κ1) is 20.9. The Morgan fingerprint density at radius 3 is 2.68 bits per heavy atom. The Kier molecular flexibility index (Phi) is 9.27. The van der Waals surface area contributed by atoms with E-state index < -0.39 is 10.0 Å². The summed E-state index contributed by atoms with van der Waals surface area (Å²) in [6.07, 6.45) is 0.608. The van der Waals surface area contributed by atoms with Crippen molar-refractivity contribution in [3.63, 3.8) is 0 Å². The molecule has 0 aliphatic carbocycles. The molecular formula is C14H23ClN2O4S. The highest BCUT2D eigenvalue weighted by molar-refractivity contribution is 7.89. The second kappa shape index (κ2) is 9.78. The van der Waals surface area contributed by atoms with Crippen molar-refractivity contribution in [2.45, 2.75) is 37.6 Å². The van der Waals surface area contributed by atoms with Crippen LogP contribution in [-0.4, -0.2) is 33.6 Å². The average molecular weight is 351 g/mol. The first-order valence-electron chi connectivity index (χ1n) is 6.86. The number of benzene rings is 1. The van der Waals surface area contributed by atoms with E-state index in [1.165, 1.54) is 12.1 Å². The van der Waals surface area contributed by atoms with Crippen LogP contribution in [0, 0.1) is 0 Å². The van der Waals surface area contributed by atoms with Gasteiger partial charge in [0.2, 0.25) is 10.0 Å². The minimum atomic E-state index is -3.61. The highest BCUT2D eigenvalue weighted by atomic mass is 35.5. The van der Waals surface area contributed by atoms with Crippen LogP contribution in [0.1, 0.15) is 25.8 Å². The molecule has 1 unspecified atom stereocenters. The molecule has 0 aliphatic rings. The zero-order valence-corrected chi connectivity index (χ0v) is 14.4. The van der Waals surface area contributed by atoms with Gasteiger partial charge in [-0.3, -0.25) is 4.79 Å². The lowest BCUT2D eigenvalue weighted by Crippen LogP contribution is -2.34. The van der Waals surface area contributed by atoms with E-state index in [0.29, 0.717) is 25.1 Å². The zero-order valence-electron chi connectivity index (χ0n) is 12.7. The lowest BCUT2D eigenvalue weighted by atomic mass is 10.1. The van der Waals surface area contributed by atoms with Gasteiger partial charge in [0.05, 0.1) is 17.9 Å². The fourth-order valence-corrected chi connectivity index (χ4v) is 3.19. The smallest absolute Gasteiger partial charge is 0.310 e.